The Balaban J connectivity index is -0.000000175. The van der Waals surface area contributed by atoms with Gasteiger partial charge in [0.2, 0.25) is 0 Å². The van der Waals surface area contributed by atoms with Crippen molar-refractivity contribution in [2.24, 2.45) is 0 Å². The fraction of sp³-hybridized carbons (Fsp3) is 1.00. The number of hydrogen-bond acceptors (Lipinski definition) is 2. The van der Waals surface area contributed by atoms with Crippen LogP contribution in [0.2, 0.25) is 0 Å². The molecule has 0 aliphatic heterocycles. The van der Waals surface area contributed by atoms with Gasteiger partial charge in [-0.2, -0.15) is 0 Å². The Morgan fingerprint density at radius 1 is 1.00 bits per heavy atom. The van der Waals surface area contributed by atoms with Gasteiger partial charge in [0.05, 0.1) is 6.61 Å². The van der Waals surface area contributed by atoms with Crippen molar-refractivity contribution >= 4 is 0 Å². The maximum Gasteiger partial charge on any atom is 0.0590 e. The summed E-state index contributed by atoms with van der Waals surface area (Å²) >= 11 is 0. The van der Waals surface area contributed by atoms with Crippen LogP contribution >= 0.6 is 0 Å². The molecule has 78 valence electrons. The van der Waals surface area contributed by atoms with Crippen molar-refractivity contribution in [1.29, 1.82) is 0 Å². The zero-order valence-corrected chi connectivity index (χ0v) is 9.74. The van der Waals surface area contributed by atoms with Crippen LogP contribution in [0.3, 0.4) is 0 Å². The smallest absolute Gasteiger partial charge is 0.0590 e. The van der Waals surface area contributed by atoms with Gasteiger partial charge in [0.1, 0.15) is 0 Å². The molecule has 0 rings (SSSR count). The van der Waals surface area contributed by atoms with Gasteiger partial charge in [0, 0.05) is 13.2 Å². The van der Waals surface area contributed by atoms with Crippen LogP contribution < -0.4 is 5.32 Å². The molecule has 0 atom stereocenters. The third-order valence-corrected chi connectivity index (χ3v) is 0.877. The van der Waals surface area contributed by atoms with Crippen LogP contribution in [0.25, 0.3) is 0 Å². The highest BCUT2D eigenvalue weighted by molar-refractivity contribution is 4.38. The van der Waals surface area contributed by atoms with Gasteiger partial charge < -0.3 is 10.1 Å². The van der Waals surface area contributed by atoms with Crippen molar-refractivity contribution < 1.29 is 4.74 Å². The van der Waals surface area contributed by atoms with E-state index >= 15 is 0 Å². The lowest BCUT2D eigenvalue weighted by molar-refractivity contribution is 0.149. The summed E-state index contributed by atoms with van der Waals surface area (Å²) in [4.78, 5) is 0. The monoisotopic (exact) mass is 177 g/mol. The molecule has 0 bridgehead atoms. The minimum Gasteiger partial charge on any atom is -0.380 e. The van der Waals surface area contributed by atoms with Crippen molar-refractivity contribution in [2.45, 2.75) is 41.5 Å². The maximum atomic E-state index is 5.07. The van der Waals surface area contributed by atoms with Crippen LogP contribution in [0, 0.1) is 0 Å². The first-order chi connectivity index (χ1) is 5.91. The number of likely N-dealkylation sites (N-methyl/N-ethyl adjacent to an activating group) is 1. The molecule has 0 amide bonds. The standard InChI is InChI=1S/C6H15NO.2C2H6/c1-3-7-5-6-8-4-2;2*1-2/h7H,3-6H2,1-2H3;2*1-2H3. The molecule has 0 fully saturated rings. The highest BCUT2D eigenvalue weighted by Gasteiger charge is 1.80. The highest BCUT2D eigenvalue weighted by atomic mass is 16.5. The lowest BCUT2D eigenvalue weighted by Gasteiger charge is -1.99. The van der Waals surface area contributed by atoms with E-state index in [-0.39, 0.29) is 0 Å². The predicted molar refractivity (Wildman–Crippen MR) is 57.7 cm³/mol. The number of ether oxygens (including phenoxy) is 1. The van der Waals surface area contributed by atoms with Gasteiger partial charge in [-0.1, -0.05) is 34.6 Å². The molecule has 0 radical (unpaired) electrons. The molecule has 0 heterocycles. The molecule has 0 aromatic heterocycles. The van der Waals surface area contributed by atoms with Gasteiger partial charge in [-0.3, -0.25) is 0 Å². The minimum atomic E-state index is 0.825. The second-order valence-corrected chi connectivity index (χ2v) is 1.55. The first kappa shape index (κ1) is 17.9. The summed E-state index contributed by atoms with van der Waals surface area (Å²) in [5.74, 6) is 0. The summed E-state index contributed by atoms with van der Waals surface area (Å²) in [6, 6.07) is 0. The molecule has 0 aliphatic carbocycles. The first-order valence-corrected chi connectivity index (χ1v) is 5.20. The van der Waals surface area contributed by atoms with Crippen molar-refractivity contribution in [3.8, 4) is 0 Å². The summed E-state index contributed by atoms with van der Waals surface area (Å²) in [6.07, 6.45) is 0. The summed E-state index contributed by atoms with van der Waals surface area (Å²) in [5, 5.41) is 3.16. The molecule has 0 saturated carbocycles. The Morgan fingerprint density at radius 3 is 1.83 bits per heavy atom. The second kappa shape index (κ2) is 30.7. The summed E-state index contributed by atoms with van der Waals surface area (Å²) in [7, 11) is 0. The van der Waals surface area contributed by atoms with Crippen LogP contribution in [0.5, 0.6) is 0 Å². The molecule has 12 heavy (non-hydrogen) atoms. The second-order valence-electron chi connectivity index (χ2n) is 1.55. The average Bonchev–Trinajstić information content (AvgIpc) is 2.19. The third kappa shape index (κ3) is 32.6. The summed E-state index contributed by atoms with van der Waals surface area (Å²) in [5.41, 5.74) is 0. The minimum absolute atomic E-state index is 0.825. The van der Waals surface area contributed by atoms with Crippen LogP contribution in [-0.2, 0) is 4.74 Å². The van der Waals surface area contributed by atoms with Gasteiger partial charge >= 0.3 is 0 Å². The van der Waals surface area contributed by atoms with E-state index in [2.05, 4.69) is 12.2 Å². The topological polar surface area (TPSA) is 21.3 Å². The van der Waals surface area contributed by atoms with Gasteiger partial charge in [0.25, 0.3) is 0 Å². The maximum absolute atomic E-state index is 5.07. The van der Waals surface area contributed by atoms with Crippen molar-refractivity contribution in [1.82, 2.24) is 5.32 Å². The van der Waals surface area contributed by atoms with Gasteiger partial charge in [-0.25, -0.2) is 0 Å². The Morgan fingerprint density at radius 2 is 1.50 bits per heavy atom. The number of nitrogens with one attached hydrogen (secondary N) is 1. The van der Waals surface area contributed by atoms with Crippen LogP contribution in [0.4, 0.5) is 0 Å². The quantitative estimate of drug-likeness (QED) is 0.652. The molecule has 0 aliphatic rings. The number of hydrogen-bond donors (Lipinski definition) is 1. The van der Waals surface area contributed by atoms with Crippen LogP contribution in [-0.4, -0.2) is 26.3 Å². The average molecular weight is 177 g/mol. The van der Waals surface area contributed by atoms with E-state index in [1.165, 1.54) is 0 Å². The zero-order valence-electron chi connectivity index (χ0n) is 9.74. The largest absolute Gasteiger partial charge is 0.380 e. The van der Waals surface area contributed by atoms with Crippen molar-refractivity contribution in [3.05, 3.63) is 0 Å². The summed E-state index contributed by atoms with van der Waals surface area (Å²) in [6.45, 7) is 15.8. The Hall–Kier alpha value is -0.0800. The van der Waals surface area contributed by atoms with Crippen molar-refractivity contribution in [2.75, 3.05) is 26.3 Å². The molecule has 0 aromatic rings. The van der Waals surface area contributed by atoms with Gasteiger partial charge in [0.15, 0.2) is 0 Å². The van der Waals surface area contributed by atoms with Gasteiger partial charge in [-0.15, -0.1) is 0 Å². The zero-order chi connectivity index (χ0) is 10.2. The normalized spacial score (nSPS) is 7.50. The first-order valence-electron chi connectivity index (χ1n) is 5.20. The Kier molecular flexibility index (Phi) is 45.6. The third-order valence-electron chi connectivity index (χ3n) is 0.877. The van der Waals surface area contributed by atoms with E-state index < -0.39 is 0 Å². The molecule has 0 spiro atoms. The fourth-order valence-electron chi connectivity index (χ4n) is 0.465. The SMILES string of the molecule is CC.CC.CCNCCOCC. The molecule has 0 unspecified atom stereocenters. The molecule has 1 N–H and O–H groups in total. The number of rotatable bonds is 5. The molecular weight excluding hydrogens is 150 g/mol. The Bertz CT molecular complexity index is 34.8. The lowest BCUT2D eigenvalue weighted by Crippen LogP contribution is -2.18. The highest BCUT2D eigenvalue weighted by Crippen LogP contribution is 1.68. The van der Waals surface area contributed by atoms with Gasteiger partial charge in [-0.05, 0) is 13.5 Å². The lowest BCUT2D eigenvalue weighted by atomic mass is 10.6. The van der Waals surface area contributed by atoms with E-state index in [0.717, 1.165) is 26.3 Å². The van der Waals surface area contributed by atoms with Crippen LogP contribution in [0.15, 0.2) is 0 Å². The molecule has 2 heteroatoms. The van der Waals surface area contributed by atoms with Crippen molar-refractivity contribution in [3.63, 3.8) is 0 Å². The predicted octanol–water partition coefficient (Wildman–Crippen LogP) is 2.68. The van der Waals surface area contributed by atoms with Crippen LogP contribution in [0.1, 0.15) is 41.5 Å². The van der Waals surface area contributed by atoms with E-state index in [4.69, 9.17) is 4.74 Å². The van der Waals surface area contributed by atoms with E-state index in [1.807, 2.05) is 34.6 Å². The molecule has 0 aromatic carbocycles. The fourth-order valence-corrected chi connectivity index (χ4v) is 0.465. The molecule has 2 nitrogen and oxygen atoms in total. The summed E-state index contributed by atoms with van der Waals surface area (Å²) < 4.78 is 5.07. The molecular formula is C10H27NO. The molecule has 0 saturated heterocycles. The Labute approximate surface area is 78.7 Å². The van der Waals surface area contributed by atoms with E-state index in [9.17, 15) is 0 Å². The van der Waals surface area contributed by atoms with E-state index in [1.54, 1.807) is 0 Å². The van der Waals surface area contributed by atoms with E-state index in [0.29, 0.717) is 0 Å².